The van der Waals surface area contributed by atoms with Crippen molar-refractivity contribution in [2.24, 2.45) is 15.8 Å². The van der Waals surface area contributed by atoms with Gasteiger partial charge >= 0.3 is 0 Å². The number of aryl methyl sites for hydroxylation is 2. The topological polar surface area (TPSA) is 191 Å². The zero-order valence-corrected chi connectivity index (χ0v) is 42.3. The van der Waals surface area contributed by atoms with Crippen LogP contribution in [0.25, 0.3) is 5.00 Å². The van der Waals surface area contributed by atoms with E-state index in [0.717, 1.165) is 59.2 Å². The number of benzene rings is 2. The lowest BCUT2D eigenvalue weighted by Crippen LogP contribution is -2.74. The molecule has 0 unspecified atom stereocenters. The molecule has 2 aliphatic heterocycles. The number of nitriles is 1. The minimum absolute atomic E-state index is 0.0971. The molecule has 0 spiro atoms. The average Bonchev–Trinajstić information content (AvgIpc) is 3.81. The highest BCUT2D eigenvalue weighted by Gasteiger charge is 2.64. The number of carbonyl (C=O) groups excluding carboxylic acids is 2. The van der Waals surface area contributed by atoms with Gasteiger partial charge in [0.2, 0.25) is 11.9 Å². The van der Waals surface area contributed by atoms with E-state index in [1.807, 2.05) is 35.8 Å². The lowest BCUT2D eigenvalue weighted by Gasteiger charge is -2.63. The van der Waals surface area contributed by atoms with Crippen LogP contribution in [0.15, 0.2) is 59.9 Å². The molecule has 364 valence electrons. The molecule has 1 saturated carbocycles. The van der Waals surface area contributed by atoms with Crippen molar-refractivity contribution >= 4 is 58.0 Å². The first-order chi connectivity index (χ1) is 33.1. The standard InChI is InChI=1S/C50H58Cl2N10O6S/c1-29-30(2)69-45-41(29)42(32-8-11-35(51)12-9-32)57-39(43-60-59-31(3)62(43)45)25-40(63)54-16-19-65-20-21-66-22-23-67-36-14-17-61(18-15-36)48-55-27-34(28-56-48)44(64)58-46-49(4,5)47(50(46,6)7)68-37-13-10-33(26-53)38(52)24-37/h8-13,24,27-28,36,39,46-47H,14-23,25H2,1-7H3,(H,54,63)(H,58,64)/t39-,46?,47?/m0/s1. The van der Waals surface area contributed by atoms with Crippen LogP contribution in [0.3, 0.4) is 0 Å². The van der Waals surface area contributed by atoms with Crippen molar-refractivity contribution in [1.29, 1.82) is 5.26 Å². The second-order valence-electron chi connectivity index (χ2n) is 18.8. The molecule has 69 heavy (non-hydrogen) atoms. The van der Waals surface area contributed by atoms with Gasteiger partial charge < -0.3 is 34.5 Å². The summed E-state index contributed by atoms with van der Waals surface area (Å²) >= 11 is 14.2. The molecule has 5 heterocycles. The summed E-state index contributed by atoms with van der Waals surface area (Å²) in [6, 6.07) is 14.0. The second-order valence-corrected chi connectivity index (χ2v) is 20.9. The van der Waals surface area contributed by atoms with Gasteiger partial charge in [-0.1, -0.05) is 63.0 Å². The Hall–Kier alpha value is -5.48. The predicted molar refractivity (Wildman–Crippen MR) is 265 cm³/mol. The van der Waals surface area contributed by atoms with Crippen LogP contribution in [0.5, 0.6) is 5.75 Å². The Kier molecular flexibility index (Phi) is 15.4. The van der Waals surface area contributed by atoms with Gasteiger partial charge in [-0.15, -0.1) is 21.5 Å². The van der Waals surface area contributed by atoms with Crippen molar-refractivity contribution in [2.75, 3.05) is 57.6 Å². The fraction of sp³-hybridized carbons (Fsp3) is 0.480. The van der Waals surface area contributed by atoms with Gasteiger partial charge in [-0.25, -0.2) is 9.97 Å². The fourth-order valence-electron chi connectivity index (χ4n) is 9.87. The van der Waals surface area contributed by atoms with E-state index in [0.29, 0.717) is 78.3 Å². The van der Waals surface area contributed by atoms with E-state index in [-0.39, 0.29) is 36.5 Å². The molecule has 1 saturated heterocycles. The van der Waals surface area contributed by atoms with E-state index >= 15 is 0 Å². The molecule has 3 aromatic heterocycles. The number of anilines is 1. The van der Waals surface area contributed by atoms with Crippen molar-refractivity contribution < 1.29 is 28.5 Å². The van der Waals surface area contributed by atoms with E-state index in [2.05, 4.69) is 83.3 Å². The Balaban J connectivity index is 0.703. The molecule has 8 rings (SSSR count). The van der Waals surface area contributed by atoms with Gasteiger partial charge in [0.05, 0.1) is 67.4 Å². The van der Waals surface area contributed by atoms with E-state index in [9.17, 15) is 14.9 Å². The number of hydrogen-bond acceptors (Lipinski definition) is 14. The lowest BCUT2D eigenvalue weighted by atomic mass is 9.49. The summed E-state index contributed by atoms with van der Waals surface area (Å²) < 4.78 is 26.0. The maximum absolute atomic E-state index is 13.4. The molecular weight excluding hydrogens is 940 g/mol. The Morgan fingerprint density at radius 1 is 0.913 bits per heavy atom. The number of thiophene rings is 1. The van der Waals surface area contributed by atoms with Crippen molar-refractivity contribution in [2.45, 2.75) is 92.0 Å². The van der Waals surface area contributed by atoms with Crippen LogP contribution in [0.2, 0.25) is 10.0 Å². The molecule has 2 amide bonds. The summed E-state index contributed by atoms with van der Waals surface area (Å²) in [7, 11) is 0. The minimum atomic E-state index is -0.547. The first kappa shape index (κ1) is 49.9. The van der Waals surface area contributed by atoms with Crippen molar-refractivity contribution in [3.8, 4) is 16.8 Å². The second kappa shape index (κ2) is 21.3. The predicted octanol–water partition coefficient (Wildman–Crippen LogP) is 7.95. The van der Waals surface area contributed by atoms with Gasteiger partial charge in [0.25, 0.3) is 5.91 Å². The van der Waals surface area contributed by atoms with Crippen LogP contribution >= 0.6 is 34.5 Å². The summed E-state index contributed by atoms with van der Waals surface area (Å²) in [6.07, 6.45) is 4.77. The summed E-state index contributed by atoms with van der Waals surface area (Å²) in [5, 5.41) is 26.2. The Bertz CT molecular complexity index is 2710. The van der Waals surface area contributed by atoms with E-state index in [1.54, 1.807) is 41.9 Å². The number of carbonyl (C=O) groups is 2. The number of nitrogens with one attached hydrogen (secondary N) is 2. The van der Waals surface area contributed by atoms with Crippen LogP contribution in [0, 0.1) is 42.9 Å². The van der Waals surface area contributed by atoms with Gasteiger partial charge in [-0.3, -0.25) is 19.1 Å². The smallest absolute Gasteiger partial charge is 0.254 e. The van der Waals surface area contributed by atoms with Crippen LogP contribution in [-0.2, 0) is 19.0 Å². The van der Waals surface area contributed by atoms with Gasteiger partial charge in [-0.2, -0.15) is 5.26 Å². The van der Waals surface area contributed by atoms with Crippen LogP contribution in [-0.4, -0.2) is 113 Å². The molecule has 3 aliphatic rings. The highest BCUT2D eigenvalue weighted by molar-refractivity contribution is 7.15. The zero-order valence-electron chi connectivity index (χ0n) is 40.0. The van der Waals surface area contributed by atoms with E-state index < -0.39 is 16.9 Å². The van der Waals surface area contributed by atoms with Crippen molar-refractivity contribution in [1.82, 2.24) is 35.4 Å². The third-order valence-corrected chi connectivity index (χ3v) is 15.1. The van der Waals surface area contributed by atoms with E-state index in [1.165, 1.54) is 4.88 Å². The van der Waals surface area contributed by atoms with Crippen molar-refractivity contribution in [3.63, 3.8) is 0 Å². The number of aliphatic imine (C=N–C) groups is 1. The largest absolute Gasteiger partial charge is 0.489 e. The highest BCUT2D eigenvalue weighted by Crippen LogP contribution is 2.55. The maximum Gasteiger partial charge on any atom is 0.254 e. The third-order valence-electron chi connectivity index (χ3n) is 13.3. The summed E-state index contributed by atoms with van der Waals surface area (Å²) in [5.41, 5.74) is 3.86. The maximum atomic E-state index is 13.4. The molecule has 0 radical (unpaired) electrons. The number of piperidine rings is 1. The Morgan fingerprint density at radius 3 is 2.28 bits per heavy atom. The number of amides is 2. The molecular formula is C50H58Cl2N10O6S. The fourth-order valence-corrected chi connectivity index (χ4v) is 11.4. The number of nitrogens with zero attached hydrogens (tertiary/aromatic N) is 8. The number of fused-ring (bicyclic) bond motifs is 3. The van der Waals surface area contributed by atoms with Gasteiger partial charge in [-0.05, 0) is 63.4 Å². The third kappa shape index (κ3) is 10.8. The monoisotopic (exact) mass is 996 g/mol. The molecule has 16 nitrogen and oxygen atoms in total. The first-order valence-electron chi connectivity index (χ1n) is 23.2. The number of hydrogen-bond donors (Lipinski definition) is 2. The summed E-state index contributed by atoms with van der Waals surface area (Å²) in [6.45, 7) is 18.2. The number of halogens is 2. The van der Waals surface area contributed by atoms with Gasteiger partial charge in [0, 0.05) is 76.0 Å². The quantitative estimate of drug-likeness (QED) is 0.0807. The number of rotatable bonds is 18. The average molecular weight is 998 g/mol. The molecule has 5 aromatic rings. The summed E-state index contributed by atoms with van der Waals surface area (Å²) in [5.74, 6) is 2.12. The molecule has 1 atom stereocenters. The molecule has 1 aliphatic carbocycles. The zero-order chi connectivity index (χ0) is 49.0. The van der Waals surface area contributed by atoms with Crippen LogP contribution in [0.4, 0.5) is 5.95 Å². The van der Waals surface area contributed by atoms with Crippen LogP contribution < -0.4 is 20.3 Å². The molecule has 2 N–H and O–H groups in total. The normalized spacial score (nSPS) is 19.3. The molecule has 2 fully saturated rings. The molecule has 19 heteroatoms. The van der Waals surface area contributed by atoms with E-state index in [4.69, 9.17) is 47.1 Å². The van der Waals surface area contributed by atoms with Gasteiger partial charge in [0.1, 0.15) is 34.8 Å². The van der Waals surface area contributed by atoms with Crippen LogP contribution in [0.1, 0.15) is 102 Å². The Labute approximate surface area is 416 Å². The first-order valence-corrected chi connectivity index (χ1v) is 24.8. The molecule has 2 aromatic carbocycles. The number of aromatic nitrogens is 5. The minimum Gasteiger partial charge on any atom is -0.489 e. The van der Waals surface area contributed by atoms with Gasteiger partial charge in [0.15, 0.2) is 5.82 Å². The highest BCUT2D eigenvalue weighted by atomic mass is 35.5. The SMILES string of the molecule is Cc1sc2c(c1C)C(c1ccc(Cl)cc1)=N[C@@H](CC(=O)NCCOCCOCCOC1CCN(c3ncc(C(=O)NC4C(C)(C)C(Oc5ccc(C#N)c(Cl)c5)C4(C)C)cn3)CC1)c1nnc(C)n1-2. The Morgan fingerprint density at radius 2 is 1.59 bits per heavy atom. The lowest BCUT2D eigenvalue weighted by molar-refractivity contribution is -0.164. The molecule has 0 bridgehead atoms. The summed E-state index contributed by atoms with van der Waals surface area (Å²) in [4.78, 5) is 44.2. The number of ether oxygens (including phenoxy) is 4. The van der Waals surface area contributed by atoms with Crippen molar-refractivity contribution in [3.05, 3.63) is 109 Å².